The van der Waals surface area contributed by atoms with Gasteiger partial charge in [0.25, 0.3) is 0 Å². The fraction of sp³-hybridized carbons (Fsp3) is 0.167. The summed E-state index contributed by atoms with van der Waals surface area (Å²) in [6, 6.07) is 8.54. The topological polar surface area (TPSA) is 9.03 Å². The largest absolute Gasteiger partial charge is 0.302 e. The molecule has 0 spiro atoms. The van der Waals surface area contributed by atoms with Gasteiger partial charge >= 0.3 is 0 Å². The van der Waals surface area contributed by atoms with Crippen LogP contribution in [0.5, 0.6) is 0 Å². The van der Waals surface area contributed by atoms with Gasteiger partial charge in [-0.25, -0.2) is 0 Å². The molecule has 0 fully saturated rings. The standard InChI is InChI=1S/C12H12N2.Y/c1-9-10-5-3-4-6-11(10)12-7-13(2)8-14(9)12;/h3-8H,1-2H3;. The van der Waals surface area contributed by atoms with E-state index < -0.39 is 0 Å². The van der Waals surface area contributed by atoms with Crippen molar-refractivity contribution in [3.63, 3.8) is 0 Å². The summed E-state index contributed by atoms with van der Waals surface area (Å²) in [5.41, 5.74) is 2.61. The van der Waals surface area contributed by atoms with Gasteiger partial charge in [0.05, 0.1) is 18.8 Å². The Hall–Kier alpha value is -0.596. The first-order chi connectivity index (χ1) is 6.77. The van der Waals surface area contributed by atoms with E-state index in [9.17, 15) is 0 Å². The Morgan fingerprint density at radius 2 is 2.00 bits per heavy atom. The van der Waals surface area contributed by atoms with Crippen LogP contribution in [-0.4, -0.2) is 4.57 Å². The van der Waals surface area contributed by atoms with Gasteiger partial charge in [0.15, 0.2) is 6.33 Å². The summed E-state index contributed by atoms with van der Waals surface area (Å²) >= 11 is 0. The van der Waals surface area contributed by atoms with Gasteiger partial charge in [0.1, 0.15) is 0 Å². The molecule has 0 atom stereocenters. The van der Waals surface area contributed by atoms with E-state index in [1.54, 1.807) is 0 Å². The summed E-state index contributed by atoms with van der Waals surface area (Å²) in [6.45, 7) is 2.16. The molecule has 3 aromatic rings. The number of aromatic nitrogens is 2. The summed E-state index contributed by atoms with van der Waals surface area (Å²) in [7, 11) is 2.06. The molecule has 0 bridgehead atoms. The number of benzene rings is 1. The average molecular weight is 273 g/mol. The predicted octanol–water partition coefficient (Wildman–Crippen LogP) is 1.94. The molecule has 3 rings (SSSR count). The maximum absolute atomic E-state index is 2.24. The normalized spacial score (nSPS) is 10.8. The molecule has 1 aromatic carbocycles. The number of rotatable bonds is 0. The van der Waals surface area contributed by atoms with E-state index in [-0.39, 0.29) is 32.7 Å². The van der Waals surface area contributed by atoms with Crippen LogP contribution in [0.1, 0.15) is 5.69 Å². The van der Waals surface area contributed by atoms with Gasteiger partial charge in [-0.15, -0.1) is 6.07 Å². The Morgan fingerprint density at radius 1 is 1.27 bits per heavy atom. The van der Waals surface area contributed by atoms with Crippen LogP contribution in [0.25, 0.3) is 16.3 Å². The summed E-state index contributed by atoms with van der Waals surface area (Å²) in [5.74, 6) is 0. The maximum Gasteiger partial charge on any atom is 0.185 e. The van der Waals surface area contributed by atoms with Crippen LogP contribution in [0, 0.1) is 6.92 Å². The molecule has 0 aliphatic heterocycles. The van der Waals surface area contributed by atoms with Gasteiger partial charge in [0.2, 0.25) is 0 Å². The van der Waals surface area contributed by atoms with E-state index in [4.69, 9.17) is 0 Å². The Kier molecular flexibility index (Phi) is 2.74. The molecule has 3 heteroatoms. The first-order valence-corrected chi connectivity index (χ1v) is 4.79. The van der Waals surface area contributed by atoms with Gasteiger partial charge in [-0.2, -0.15) is 0 Å². The summed E-state index contributed by atoms with van der Waals surface area (Å²) in [5, 5.41) is 2.69. The summed E-state index contributed by atoms with van der Waals surface area (Å²) < 4.78 is 4.33. The summed E-state index contributed by atoms with van der Waals surface area (Å²) in [6.07, 6.45) is 4.28. The number of aryl methyl sites for hydroxylation is 2. The molecule has 0 unspecified atom stereocenters. The molecule has 2 nitrogen and oxygen atoms in total. The molecule has 73 valence electrons. The minimum absolute atomic E-state index is 0. The first-order valence-electron chi connectivity index (χ1n) is 4.79. The molecule has 0 saturated carbocycles. The van der Waals surface area contributed by atoms with Gasteiger partial charge in [-0.3, -0.25) is 4.57 Å². The third-order valence-corrected chi connectivity index (χ3v) is 2.84. The van der Waals surface area contributed by atoms with Crippen molar-refractivity contribution in [1.29, 1.82) is 0 Å². The molecule has 0 N–H and O–H groups in total. The van der Waals surface area contributed by atoms with E-state index in [0.29, 0.717) is 0 Å². The SMILES string of the molecule is C[c-]1c2ccccc2c2cn(C)c[n+]21.[Y]. The summed E-state index contributed by atoms with van der Waals surface area (Å²) in [4.78, 5) is 0. The molecule has 0 aliphatic rings. The van der Waals surface area contributed by atoms with E-state index in [0.717, 1.165) is 0 Å². The average Bonchev–Trinajstić information content (AvgIpc) is 2.68. The van der Waals surface area contributed by atoms with E-state index in [1.807, 2.05) is 0 Å². The fourth-order valence-corrected chi connectivity index (χ4v) is 2.15. The zero-order valence-corrected chi connectivity index (χ0v) is 11.8. The number of hydrogen-bond donors (Lipinski definition) is 0. The van der Waals surface area contributed by atoms with Gasteiger partial charge in [0, 0.05) is 38.4 Å². The maximum atomic E-state index is 2.24. The van der Waals surface area contributed by atoms with Crippen LogP contribution in [0.3, 0.4) is 0 Å². The molecule has 15 heavy (non-hydrogen) atoms. The van der Waals surface area contributed by atoms with Crippen molar-refractivity contribution in [2.45, 2.75) is 6.92 Å². The van der Waals surface area contributed by atoms with Crippen molar-refractivity contribution in [3.8, 4) is 0 Å². The van der Waals surface area contributed by atoms with E-state index in [1.165, 1.54) is 22.0 Å². The van der Waals surface area contributed by atoms with Crippen molar-refractivity contribution in [1.82, 2.24) is 4.57 Å². The van der Waals surface area contributed by atoms with Crippen molar-refractivity contribution < 1.29 is 37.1 Å². The molecule has 0 amide bonds. The van der Waals surface area contributed by atoms with Crippen molar-refractivity contribution >= 4 is 16.3 Å². The van der Waals surface area contributed by atoms with Crippen LogP contribution in [0.15, 0.2) is 36.8 Å². The van der Waals surface area contributed by atoms with Crippen molar-refractivity contribution in [2.75, 3.05) is 0 Å². The number of nitrogens with zero attached hydrogens (tertiary/aromatic N) is 2. The Morgan fingerprint density at radius 3 is 2.80 bits per heavy atom. The zero-order chi connectivity index (χ0) is 9.71. The number of hydrogen-bond acceptors (Lipinski definition) is 0. The predicted molar refractivity (Wildman–Crippen MR) is 56.4 cm³/mol. The second-order valence-corrected chi connectivity index (χ2v) is 3.80. The first kappa shape index (κ1) is 10.9. The molecule has 0 saturated heterocycles. The van der Waals surface area contributed by atoms with Crippen LogP contribution in [-0.2, 0) is 39.8 Å². The van der Waals surface area contributed by atoms with Crippen LogP contribution < -0.4 is 4.40 Å². The number of fused-ring (bicyclic) bond motifs is 3. The van der Waals surface area contributed by atoms with Crippen LogP contribution in [0.4, 0.5) is 0 Å². The minimum Gasteiger partial charge on any atom is -0.302 e. The molecule has 2 heterocycles. The Balaban J connectivity index is 0.000000853. The van der Waals surface area contributed by atoms with Crippen molar-refractivity contribution in [2.24, 2.45) is 7.05 Å². The fourth-order valence-electron chi connectivity index (χ4n) is 2.15. The Labute approximate surface area is 114 Å². The van der Waals surface area contributed by atoms with Gasteiger partial charge in [-0.1, -0.05) is 29.0 Å². The second-order valence-electron chi connectivity index (χ2n) is 3.80. The van der Waals surface area contributed by atoms with E-state index in [2.05, 4.69) is 59.7 Å². The van der Waals surface area contributed by atoms with Gasteiger partial charge in [-0.05, 0) is 6.92 Å². The zero-order valence-electron chi connectivity index (χ0n) is 8.94. The molecule has 0 aliphatic carbocycles. The van der Waals surface area contributed by atoms with Crippen LogP contribution in [0.2, 0.25) is 0 Å². The van der Waals surface area contributed by atoms with E-state index >= 15 is 0 Å². The van der Waals surface area contributed by atoms with Gasteiger partial charge < -0.3 is 4.40 Å². The quantitative estimate of drug-likeness (QED) is 0.437. The number of imidazole rings is 1. The minimum atomic E-state index is 0. The second kappa shape index (κ2) is 3.77. The Bertz CT molecular complexity index is 619. The molecule has 2 aromatic heterocycles. The molecule has 1 radical (unpaired) electrons. The molecular formula is C12H12N2Y. The smallest absolute Gasteiger partial charge is 0.185 e. The van der Waals surface area contributed by atoms with Crippen molar-refractivity contribution in [3.05, 3.63) is 42.5 Å². The third-order valence-electron chi connectivity index (χ3n) is 2.84. The third kappa shape index (κ3) is 1.47. The monoisotopic (exact) mass is 273 g/mol. The molecular weight excluding hydrogens is 261 g/mol. The van der Waals surface area contributed by atoms with Crippen LogP contribution >= 0.6 is 0 Å².